The van der Waals surface area contributed by atoms with E-state index < -0.39 is 6.04 Å². The van der Waals surface area contributed by atoms with Gasteiger partial charge < -0.3 is 15.4 Å². The Kier molecular flexibility index (Phi) is 3.74. The van der Waals surface area contributed by atoms with E-state index in [1.807, 2.05) is 13.8 Å². The van der Waals surface area contributed by atoms with Crippen LogP contribution in [0.3, 0.4) is 0 Å². The van der Waals surface area contributed by atoms with Crippen LogP contribution < -0.4 is 5.73 Å². The van der Waals surface area contributed by atoms with Crippen LogP contribution in [0.5, 0.6) is 0 Å². The molecular weight excluding hydrogens is 230 g/mol. The van der Waals surface area contributed by atoms with Gasteiger partial charge in [0, 0.05) is 0 Å². The fourth-order valence-corrected chi connectivity index (χ4v) is 1.73. The summed E-state index contributed by atoms with van der Waals surface area (Å²) in [5.41, 5.74) is 9.16. The zero-order valence-corrected chi connectivity index (χ0v) is 10.6. The van der Waals surface area contributed by atoms with Crippen molar-refractivity contribution in [3.8, 4) is 0 Å². The molecule has 1 atom stereocenters. The van der Waals surface area contributed by atoms with Crippen molar-refractivity contribution < 1.29 is 9.63 Å². The molecule has 0 aliphatic rings. The molecule has 0 saturated carbocycles. The molecule has 1 heterocycles. The predicted molar refractivity (Wildman–Crippen MR) is 67.0 cm³/mol. The van der Waals surface area contributed by atoms with E-state index in [-0.39, 0.29) is 6.61 Å². The van der Waals surface area contributed by atoms with E-state index >= 15 is 0 Å². The molecule has 0 amide bonds. The molecule has 0 bridgehead atoms. The summed E-state index contributed by atoms with van der Waals surface area (Å²) in [4.78, 5) is 4.18. The molecule has 5 heteroatoms. The molecule has 1 aromatic carbocycles. The molecule has 0 aliphatic heterocycles. The minimum absolute atomic E-state index is 0.192. The zero-order chi connectivity index (χ0) is 13.1. The Labute approximate surface area is 106 Å². The first-order chi connectivity index (χ1) is 8.60. The second-order valence-corrected chi connectivity index (χ2v) is 4.44. The molecule has 2 rings (SSSR count). The molecule has 18 heavy (non-hydrogen) atoms. The number of aromatic nitrogens is 2. The van der Waals surface area contributed by atoms with Crippen LogP contribution in [0.15, 0.2) is 22.7 Å². The molecule has 0 fully saturated rings. The van der Waals surface area contributed by atoms with Crippen LogP contribution in [0.2, 0.25) is 0 Å². The highest BCUT2D eigenvalue weighted by molar-refractivity contribution is 5.32. The second kappa shape index (κ2) is 5.29. The van der Waals surface area contributed by atoms with Crippen LogP contribution in [-0.4, -0.2) is 21.9 Å². The van der Waals surface area contributed by atoms with Crippen molar-refractivity contribution in [2.45, 2.75) is 26.3 Å². The van der Waals surface area contributed by atoms with Gasteiger partial charge in [-0.25, -0.2) is 0 Å². The quantitative estimate of drug-likeness (QED) is 0.849. The van der Waals surface area contributed by atoms with Crippen LogP contribution in [0.1, 0.15) is 34.4 Å². The van der Waals surface area contributed by atoms with Crippen molar-refractivity contribution >= 4 is 0 Å². The van der Waals surface area contributed by atoms with Gasteiger partial charge in [-0.2, -0.15) is 4.98 Å². The maximum absolute atomic E-state index is 8.92. The summed E-state index contributed by atoms with van der Waals surface area (Å²) in [7, 11) is 0. The van der Waals surface area contributed by atoms with E-state index in [0.29, 0.717) is 18.1 Å². The van der Waals surface area contributed by atoms with E-state index in [9.17, 15) is 0 Å². The van der Waals surface area contributed by atoms with Crippen molar-refractivity contribution in [2.75, 3.05) is 6.61 Å². The Balaban J connectivity index is 2.18. The second-order valence-electron chi connectivity index (χ2n) is 4.44. The fourth-order valence-electron chi connectivity index (χ4n) is 1.73. The lowest BCUT2D eigenvalue weighted by Gasteiger charge is -2.03. The van der Waals surface area contributed by atoms with Crippen LogP contribution >= 0.6 is 0 Å². The lowest BCUT2D eigenvalue weighted by molar-refractivity contribution is 0.259. The Hall–Kier alpha value is -1.72. The monoisotopic (exact) mass is 247 g/mol. The van der Waals surface area contributed by atoms with Crippen molar-refractivity contribution in [3.05, 3.63) is 46.6 Å². The highest BCUT2D eigenvalue weighted by Gasteiger charge is 2.14. The molecule has 2 aromatic rings. The SMILES string of the molecule is Cc1ccc(C)c(Cc2nc(C(N)CO)no2)c1. The Morgan fingerprint density at radius 3 is 2.89 bits per heavy atom. The average molecular weight is 247 g/mol. The first kappa shape index (κ1) is 12.7. The molecule has 0 radical (unpaired) electrons. The van der Waals surface area contributed by atoms with Crippen LogP contribution in [0.25, 0.3) is 0 Å². The normalized spacial score (nSPS) is 12.7. The number of benzene rings is 1. The zero-order valence-electron chi connectivity index (χ0n) is 10.6. The summed E-state index contributed by atoms with van der Waals surface area (Å²) in [5.74, 6) is 0.861. The fraction of sp³-hybridized carbons (Fsp3) is 0.385. The number of nitrogens with two attached hydrogens (primary N) is 1. The number of nitrogens with zero attached hydrogens (tertiary/aromatic N) is 2. The summed E-state index contributed by atoms with van der Waals surface area (Å²) < 4.78 is 5.13. The molecule has 96 valence electrons. The van der Waals surface area contributed by atoms with Gasteiger partial charge in [0.15, 0.2) is 5.82 Å². The number of aliphatic hydroxyl groups is 1. The van der Waals surface area contributed by atoms with Gasteiger partial charge in [0.1, 0.15) is 0 Å². The summed E-state index contributed by atoms with van der Waals surface area (Å²) >= 11 is 0. The largest absolute Gasteiger partial charge is 0.394 e. The van der Waals surface area contributed by atoms with Gasteiger partial charge in [-0.3, -0.25) is 0 Å². The van der Waals surface area contributed by atoms with Crippen molar-refractivity contribution in [2.24, 2.45) is 5.73 Å². The smallest absolute Gasteiger partial charge is 0.231 e. The molecule has 1 aromatic heterocycles. The third kappa shape index (κ3) is 2.75. The van der Waals surface area contributed by atoms with Gasteiger partial charge in [0.25, 0.3) is 0 Å². The van der Waals surface area contributed by atoms with Crippen molar-refractivity contribution in [1.29, 1.82) is 0 Å². The Morgan fingerprint density at radius 1 is 1.39 bits per heavy atom. The lowest BCUT2D eigenvalue weighted by Crippen LogP contribution is -2.16. The van der Waals surface area contributed by atoms with Crippen LogP contribution in [0, 0.1) is 13.8 Å². The van der Waals surface area contributed by atoms with E-state index in [0.717, 1.165) is 5.56 Å². The summed E-state index contributed by atoms with van der Waals surface area (Å²) in [6.07, 6.45) is 0.582. The minimum Gasteiger partial charge on any atom is -0.394 e. The number of aliphatic hydroxyl groups excluding tert-OH is 1. The highest BCUT2D eigenvalue weighted by atomic mass is 16.5. The highest BCUT2D eigenvalue weighted by Crippen LogP contribution is 2.15. The Morgan fingerprint density at radius 2 is 2.17 bits per heavy atom. The third-order valence-electron chi connectivity index (χ3n) is 2.86. The van der Waals surface area contributed by atoms with Gasteiger partial charge in [-0.1, -0.05) is 28.9 Å². The van der Waals surface area contributed by atoms with E-state index in [4.69, 9.17) is 15.4 Å². The van der Waals surface area contributed by atoms with Crippen molar-refractivity contribution in [3.63, 3.8) is 0 Å². The topological polar surface area (TPSA) is 85.2 Å². The number of rotatable bonds is 4. The maximum atomic E-state index is 8.92. The molecule has 5 nitrogen and oxygen atoms in total. The van der Waals surface area contributed by atoms with Gasteiger partial charge in [0.05, 0.1) is 19.1 Å². The van der Waals surface area contributed by atoms with Gasteiger partial charge in [-0.15, -0.1) is 0 Å². The number of aryl methyl sites for hydroxylation is 2. The number of hydrogen-bond donors (Lipinski definition) is 2. The molecule has 1 unspecified atom stereocenters. The Bertz CT molecular complexity index is 537. The average Bonchev–Trinajstić information content (AvgIpc) is 2.81. The van der Waals surface area contributed by atoms with E-state index in [1.165, 1.54) is 11.1 Å². The lowest BCUT2D eigenvalue weighted by atomic mass is 10.0. The molecular formula is C13H17N3O2. The van der Waals surface area contributed by atoms with Gasteiger partial charge in [-0.05, 0) is 25.0 Å². The van der Waals surface area contributed by atoms with E-state index in [2.05, 4.69) is 28.3 Å². The molecule has 0 aliphatic carbocycles. The standard InChI is InChI=1S/C13H17N3O2/c1-8-3-4-9(2)10(5-8)6-12-15-13(16-18-12)11(14)7-17/h3-5,11,17H,6-7,14H2,1-2H3. The summed E-state index contributed by atoms with van der Waals surface area (Å²) in [6, 6.07) is 5.66. The molecule has 0 saturated heterocycles. The molecule has 3 N–H and O–H groups in total. The first-order valence-corrected chi connectivity index (χ1v) is 5.85. The summed E-state index contributed by atoms with van der Waals surface area (Å²) in [6.45, 7) is 3.90. The van der Waals surface area contributed by atoms with Crippen LogP contribution in [0.4, 0.5) is 0 Å². The predicted octanol–water partition coefficient (Wildman–Crippen LogP) is 1.27. The van der Waals surface area contributed by atoms with Crippen LogP contribution in [-0.2, 0) is 6.42 Å². The van der Waals surface area contributed by atoms with Gasteiger partial charge in [0.2, 0.25) is 5.89 Å². The van der Waals surface area contributed by atoms with Crippen molar-refractivity contribution in [1.82, 2.24) is 10.1 Å². The third-order valence-corrected chi connectivity index (χ3v) is 2.86. The molecule has 0 spiro atoms. The number of hydrogen-bond acceptors (Lipinski definition) is 5. The first-order valence-electron chi connectivity index (χ1n) is 5.85. The maximum Gasteiger partial charge on any atom is 0.231 e. The minimum atomic E-state index is -0.582. The van der Waals surface area contributed by atoms with Gasteiger partial charge >= 0.3 is 0 Å². The van der Waals surface area contributed by atoms with E-state index in [1.54, 1.807) is 0 Å². The summed E-state index contributed by atoms with van der Waals surface area (Å²) in [5, 5.41) is 12.7.